The van der Waals surface area contributed by atoms with Crippen molar-refractivity contribution in [1.82, 2.24) is 19.9 Å². The highest BCUT2D eigenvalue weighted by atomic mass is 16.3. The van der Waals surface area contributed by atoms with Crippen molar-refractivity contribution in [2.24, 2.45) is 0 Å². The molecular formula is C23H22N4O2. The summed E-state index contributed by atoms with van der Waals surface area (Å²) in [5.74, 6) is 0.638. The average Bonchev–Trinajstić information content (AvgIpc) is 3.17. The number of nitrogens with zero attached hydrogens (tertiary/aromatic N) is 3. The number of nitrogens with one attached hydrogen (secondary N) is 1. The van der Waals surface area contributed by atoms with Crippen LogP contribution in [0.4, 0.5) is 0 Å². The minimum atomic E-state index is -0.151. The maximum atomic E-state index is 13.5. The van der Waals surface area contributed by atoms with Crippen LogP contribution in [0.5, 0.6) is 0 Å². The van der Waals surface area contributed by atoms with Crippen LogP contribution in [0.15, 0.2) is 66.9 Å². The number of aliphatic hydroxyl groups excluding tert-OH is 1. The van der Waals surface area contributed by atoms with Crippen LogP contribution < -0.4 is 0 Å². The van der Waals surface area contributed by atoms with E-state index in [1.165, 1.54) is 0 Å². The van der Waals surface area contributed by atoms with E-state index >= 15 is 0 Å². The zero-order valence-corrected chi connectivity index (χ0v) is 16.2. The average molecular weight is 386 g/mol. The summed E-state index contributed by atoms with van der Waals surface area (Å²) in [4.78, 5) is 27.2. The second-order valence-electron chi connectivity index (χ2n) is 6.88. The Morgan fingerprint density at radius 1 is 1.10 bits per heavy atom. The van der Waals surface area contributed by atoms with Gasteiger partial charge in [-0.1, -0.05) is 48.5 Å². The number of aromatic nitrogens is 3. The summed E-state index contributed by atoms with van der Waals surface area (Å²) in [5, 5.41) is 10.3. The number of aromatic amines is 1. The number of benzene rings is 2. The molecule has 0 bridgehead atoms. The van der Waals surface area contributed by atoms with Gasteiger partial charge in [-0.3, -0.25) is 4.79 Å². The molecule has 0 unspecified atom stereocenters. The van der Waals surface area contributed by atoms with Crippen molar-refractivity contribution in [3.8, 4) is 11.3 Å². The van der Waals surface area contributed by atoms with E-state index in [1.807, 2.05) is 67.6 Å². The normalized spacial score (nSPS) is 11.0. The van der Waals surface area contributed by atoms with Gasteiger partial charge in [0.15, 0.2) is 0 Å². The number of pyridine rings is 1. The first-order chi connectivity index (χ1) is 14.2. The number of fused-ring (bicyclic) bond motifs is 1. The molecule has 146 valence electrons. The molecule has 2 aromatic carbocycles. The number of hydrogen-bond donors (Lipinski definition) is 2. The standard InChI is InChI=1S/C23H22N4O2/c1-16-24-14-18(25-16)15-27(11-12-28)23(29)20-13-22(17-7-3-2-4-8-17)26-21-10-6-5-9-19(20)21/h2-10,13-14,28H,11-12,15H2,1H3,(H,24,25). The van der Waals surface area contributed by atoms with Gasteiger partial charge in [-0.2, -0.15) is 0 Å². The van der Waals surface area contributed by atoms with Crippen molar-refractivity contribution in [1.29, 1.82) is 0 Å². The van der Waals surface area contributed by atoms with Crippen molar-refractivity contribution in [2.75, 3.05) is 13.2 Å². The van der Waals surface area contributed by atoms with Crippen LogP contribution in [0.25, 0.3) is 22.2 Å². The maximum absolute atomic E-state index is 13.5. The highest BCUT2D eigenvalue weighted by molar-refractivity contribution is 6.07. The number of amides is 1. The molecule has 0 spiro atoms. The molecule has 0 saturated carbocycles. The molecule has 0 aliphatic heterocycles. The topological polar surface area (TPSA) is 82.1 Å². The minimum Gasteiger partial charge on any atom is -0.395 e. The Labute approximate surface area is 168 Å². The Hall–Kier alpha value is -3.51. The van der Waals surface area contributed by atoms with Gasteiger partial charge in [-0.15, -0.1) is 0 Å². The Balaban J connectivity index is 1.78. The van der Waals surface area contributed by atoms with E-state index in [-0.39, 0.29) is 19.1 Å². The predicted octanol–water partition coefficient (Wildman–Crippen LogP) is 3.57. The van der Waals surface area contributed by atoms with E-state index < -0.39 is 0 Å². The van der Waals surface area contributed by atoms with Gasteiger partial charge in [-0.25, -0.2) is 9.97 Å². The lowest BCUT2D eigenvalue weighted by atomic mass is 10.0. The van der Waals surface area contributed by atoms with Crippen LogP contribution in [-0.2, 0) is 6.54 Å². The number of aliphatic hydroxyl groups is 1. The van der Waals surface area contributed by atoms with E-state index in [2.05, 4.69) is 9.97 Å². The Kier molecular flexibility index (Phi) is 5.35. The number of carbonyl (C=O) groups excluding carboxylic acids is 1. The van der Waals surface area contributed by atoms with E-state index in [1.54, 1.807) is 11.1 Å². The van der Waals surface area contributed by atoms with Gasteiger partial charge in [0.25, 0.3) is 5.91 Å². The van der Waals surface area contributed by atoms with Crippen molar-refractivity contribution in [3.63, 3.8) is 0 Å². The molecule has 29 heavy (non-hydrogen) atoms. The van der Waals surface area contributed by atoms with Gasteiger partial charge in [-0.05, 0) is 19.1 Å². The van der Waals surface area contributed by atoms with Gasteiger partial charge in [0.1, 0.15) is 5.82 Å². The molecule has 4 aromatic rings. The lowest BCUT2D eigenvalue weighted by molar-refractivity contribution is 0.0707. The fraction of sp³-hybridized carbons (Fsp3) is 0.174. The number of hydrogen-bond acceptors (Lipinski definition) is 4. The quantitative estimate of drug-likeness (QED) is 0.531. The summed E-state index contributed by atoms with van der Waals surface area (Å²) >= 11 is 0. The molecule has 0 aliphatic carbocycles. The van der Waals surface area contributed by atoms with Crippen molar-refractivity contribution in [2.45, 2.75) is 13.5 Å². The molecule has 6 nitrogen and oxygen atoms in total. The smallest absolute Gasteiger partial charge is 0.255 e. The number of imidazole rings is 1. The first-order valence-electron chi connectivity index (χ1n) is 9.51. The lowest BCUT2D eigenvalue weighted by Crippen LogP contribution is -2.33. The predicted molar refractivity (Wildman–Crippen MR) is 112 cm³/mol. The summed E-state index contributed by atoms with van der Waals surface area (Å²) < 4.78 is 0. The van der Waals surface area contributed by atoms with Crippen LogP contribution in [-0.4, -0.2) is 44.0 Å². The second-order valence-corrected chi connectivity index (χ2v) is 6.88. The molecule has 2 aromatic heterocycles. The molecular weight excluding hydrogens is 364 g/mol. The van der Waals surface area contributed by atoms with Crippen molar-refractivity contribution < 1.29 is 9.90 Å². The molecule has 6 heteroatoms. The first kappa shape index (κ1) is 18.8. The Morgan fingerprint density at radius 3 is 2.59 bits per heavy atom. The third kappa shape index (κ3) is 4.02. The van der Waals surface area contributed by atoms with Crippen molar-refractivity contribution in [3.05, 3.63) is 83.9 Å². The fourth-order valence-corrected chi connectivity index (χ4v) is 3.41. The van der Waals surface area contributed by atoms with Crippen LogP contribution >= 0.6 is 0 Å². The highest BCUT2D eigenvalue weighted by Gasteiger charge is 2.20. The summed E-state index contributed by atoms with van der Waals surface area (Å²) in [7, 11) is 0. The molecule has 0 fully saturated rings. The molecule has 0 saturated heterocycles. The van der Waals surface area contributed by atoms with Crippen molar-refractivity contribution >= 4 is 16.8 Å². The first-order valence-corrected chi connectivity index (χ1v) is 9.51. The van der Waals surface area contributed by atoms with Gasteiger partial charge >= 0.3 is 0 Å². The number of H-pyrrole nitrogens is 1. The van der Waals surface area contributed by atoms with E-state index in [9.17, 15) is 9.90 Å². The number of rotatable bonds is 6. The second kappa shape index (κ2) is 8.24. The maximum Gasteiger partial charge on any atom is 0.255 e. The molecule has 4 rings (SSSR count). The Morgan fingerprint density at radius 2 is 1.86 bits per heavy atom. The Bertz CT molecular complexity index is 1140. The number of para-hydroxylation sites is 1. The fourth-order valence-electron chi connectivity index (χ4n) is 3.41. The van der Waals surface area contributed by atoms with Crippen LogP contribution in [0.1, 0.15) is 21.9 Å². The molecule has 2 N–H and O–H groups in total. The van der Waals surface area contributed by atoms with E-state index in [0.29, 0.717) is 12.1 Å². The molecule has 0 atom stereocenters. The summed E-state index contributed by atoms with van der Waals surface area (Å²) in [5.41, 5.74) is 3.85. The molecule has 0 radical (unpaired) electrons. The monoisotopic (exact) mass is 386 g/mol. The summed E-state index contributed by atoms with van der Waals surface area (Å²) in [6.07, 6.45) is 1.72. The number of carbonyl (C=O) groups is 1. The third-order valence-electron chi connectivity index (χ3n) is 4.79. The minimum absolute atomic E-state index is 0.118. The SMILES string of the molecule is Cc1ncc(CN(CCO)C(=O)c2cc(-c3ccccc3)nc3ccccc23)[nH]1. The highest BCUT2D eigenvalue weighted by Crippen LogP contribution is 2.26. The van der Waals surface area contributed by atoms with Gasteiger partial charge in [0.2, 0.25) is 0 Å². The molecule has 1 amide bonds. The van der Waals surface area contributed by atoms with Crippen LogP contribution in [0.3, 0.4) is 0 Å². The van der Waals surface area contributed by atoms with Crippen LogP contribution in [0, 0.1) is 6.92 Å². The largest absolute Gasteiger partial charge is 0.395 e. The summed E-state index contributed by atoms with van der Waals surface area (Å²) in [6, 6.07) is 19.3. The zero-order valence-electron chi connectivity index (χ0n) is 16.2. The van der Waals surface area contributed by atoms with Gasteiger partial charge < -0.3 is 15.0 Å². The zero-order chi connectivity index (χ0) is 20.2. The summed E-state index contributed by atoms with van der Waals surface area (Å²) in [6.45, 7) is 2.32. The van der Waals surface area contributed by atoms with E-state index in [4.69, 9.17) is 4.98 Å². The van der Waals surface area contributed by atoms with Crippen LogP contribution in [0.2, 0.25) is 0 Å². The third-order valence-corrected chi connectivity index (χ3v) is 4.79. The molecule has 2 heterocycles. The molecule has 0 aliphatic rings. The van der Waals surface area contributed by atoms with Gasteiger partial charge in [0, 0.05) is 17.5 Å². The number of aryl methyl sites for hydroxylation is 1. The van der Waals surface area contributed by atoms with Gasteiger partial charge in [0.05, 0.1) is 41.8 Å². The van der Waals surface area contributed by atoms with E-state index in [0.717, 1.165) is 33.7 Å². The lowest BCUT2D eigenvalue weighted by Gasteiger charge is -2.22.